The van der Waals surface area contributed by atoms with Crippen molar-refractivity contribution < 1.29 is 23.0 Å². The number of amidine groups is 1. The molecule has 0 radical (unpaired) electrons. The van der Waals surface area contributed by atoms with Crippen LogP contribution in [0.3, 0.4) is 0 Å². The summed E-state index contributed by atoms with van der Waals surface area (Å²) in [7, 11) is 2.48. The number of carbonyl (C=O) groups excluding carboxylic acids is 1. The van der Waals surface area contributed by atoms with E-state index in [1.807, 2.05) is 12.1 Å². The van der Waals surface area contributed by atoms with Gasteiger partial charge in [0.2, 0.25) is 0 Å². The predicted octanol–water partition coefficient (Wildman–Crippen LogP) is 4.23. The van der Waals surface area contributed by atoms with Crippen LogP contribution in [0.5, 0.6) is 11.5 Å². The maximum atomic E-state index is 15.0. The normalized spacial score (nSPS) is 17.6. The number of ether oxygens (including phenoxy) is 2. The number of anilines is 2. The predicted molar refractivity (Wildman–Crippen MR) is 147 cm³/mol. The molecule has 0 spiro atoms. The van der Waals surface area contributed by atoms with E-state index in [0.29, 0.717) is 23.2 Å². The van der Waals surface area contributed by atoms with Gasteiger partial charge in [-0.1, -0.05) is 0 Å². The van der Waals surface area contributed by atoms with Gasteiger partial charge in [0.05, 0.1) is 19.8 Å². The average molecular weight is 540 g/mol. The standard InChI is InChI=1S/C27H31F2N7O3/c1-14-12-36(13-15(2)31-14)18-9-7-17(8-10-18)27(37)33-25-16(3)24(34-35-25)32-26(30-4)21-22(28)19(38-5)11-20(39-6)23(21)29/h7-11,14-15,31H,4,12-13H2,1-3,5-6H3,(H2,33,34,35,37)/t14-,15+. The second kappa shape index (κ2) is 11.6. The van der Waals surface area contributed by atoms with E-state index in [4.69, 9.17) is 9.47 Å². The van der Waals surface area contributed by atoms with Gasteiger partial charge in [-0.2, -0.15) is 5.10 Å². The number of methoxy groups -OCH3 is 2. The van der Waals surface area contributed by atoms with Crippen LogP contribution in [0, 0.1) is 18.6 Å². The fourth-order valence-electron chi connectivity index (χ4n) is 4.52. The number of benzene rings is 2. The van der Waals surface area contributed by atoms with Crippen LogP contribution in [0.15, 0.2) is 40.3 Å². The van der Waals surface area contributed by atoms with Crippen LogP contribution in [0.4, 0.5) is 26.1 Å². The number of nitrogens with zero attached hydrogens (tertiary/aromatic N) is 4. The highest BCUT2D eigenvalue weighted by Crippen LogP contribution is 2.33. The van der Waals surface area contributed by atoms with Crippen molar-refractivity contribution in [2.24, 2.45) is 9.98 Å². The molecule has 2 atom stereocenters. The molecule has 1 fully saturated rings. The minimum atomic E-state index is -1.01. The summed E-state index contributed by atoms with van der Waals surface area (Å²) in [6, 6.07) is 9.16. The van der Waals surface area contributed by atoms with E-state index in [9.17, 15) is 13.6 Å². The van der Waals surface area contributed by atoms with Gasteiger partial charge in [-0.25, -0.2) is 18.8 Å². The van der Waals surface area contributed by atoms with Crippen molar-refractivity contribution in [1.82, 2.24) is 15.5 Å². The number of rotatable bonds is 7. The molecule has 0 aliphatic carbocycles. The van der Waals surface area contributed by atoms with Gasteiger partial charge in [-0.3, -0.25) is 9.89 Å². The summed E-state index contributed by atoms with van der Waals surface area (Å²) < 4.78 is 39.9. The van der Waals surface area contributed by atoms with Gasteiger partial charge >= 0.3 is 0 Å². The van der Waals surface area contributed by atoms with Crippen molar-refractivity contribution in [1.29, 1.82) is 0 Å². The number of hydrogen-bond acceptors (Lipinski definition) is 7. The summed E-state index contributed by atoms with van der Waals surface area (Å²) >= 11 is 0. The third kappa shape index (κ3) is 5.75. The molecule has 1 aromatic heterocycles. The molecule has 3 N–H and O–H groups in total. The van der Waals surface area contributed by atoms with E-state index in [1.165, 1.54) is 14.2 Å². The van der Waals surface area contributed by atoms with Crippen LogP contribution in [-0.2, 0) is 0 Å². The van der Waals surface area contributed by atoms with Gasteiger partial charge < -0.3 is 25.0 Å². The molecule has 12 heteroatoms. The van der Waals surface area contributed by atoms with E-state index in [0.717, 1.165) is 24.8 Å². The van der Waals surface area contributed by atoms with Gasteiger partial charge in [-0.15, -0.1) is 0 Å². The molecule has 1 aliphatic heterocycles. The molecule has 206 valence electrons. The Morgan fingerprint density at radius 2 is 1.69 bits per heavy atom. The minimum absolute atomic E-state index is 0.130. The van der Waals surface area contributed by atoms with Gasteiger partial charge in [0, 0.05) is 48.1 Å². The number of nitrogens with one attached hydrogen (secondary N) is 3. The van der Waals surface area contributed by atoms with E-state index >= 15 is 0 Å². The Balaban J connectivity index is 1.55. The van der Waals surface area contributed by atoms with Gasteiger partial charge in [0.1, 0.15) is 0 Å². The average Bonchev–Trinajstić information content (AvgIpc) is 3.26. The monoisotopic (exact) mass is 539 g/mol. The van der Waals surface area contributed by atoms with E-state index < -0.39 is 17.2 Å². The Labute approximate surface area is 225 Å². The van der Waals surface area contributed by atoms with Crippen LogP contribution < -0.4 is 25.0 Å². The van der Waals surface area contributed by atoms with Gasteiger partial charge in [0.15, 0.2) is 40.6 Å². The SMILES string of the molecule is C=NC(=Nc1[nH]nc(NC(=O)c2ccc(N3C[C@@H](C)N[C@@H](C)C3)cc2)c1C)c1c(F)c(OC)cc(OC)c1F. The lowest BCUT2D eigenvalue weighted by atomic mass is 10.1. The maximum Gasteiger partial charge on any atom is 0.256 e. The lowest BCUT2D eigenvalue weighted by Gasteiger charge is -2.37. The summed E-state index contributed by atoms with van der Waals surface area (Å²) in [6.07, 6.45) is 0. The highest BCUT2D eigenvalue weighted by Gasteiger charge is 2.25. The third-order valence-corrected chi connectivity index (χ3v) is 6.43. The fraction of sp³-hybridized carbons (Fsp3) is 0.333. The second-order valence-corrected chi connectivity index (χ2v) is 9.30. The zero-order chi connectivity index (χ0) is 28.3. The van der Waals surface area contributed by atoms with E-state index in [-0.39, 0.29) is 34.9 Å². The molecule has 0 saturated carbocycles. The zero-order valence-electron chi connectivity index (χ0n) is 22.4. The molecule has 3 aromatic rings. The summed E-state index contributed by atoms with van der Waals surface area (Å²) in [4.78, 5) is 23.1. The summed E-state index contributed by atoms with van der Waals surface area (Å²) in [5.41, 5.74) is 1.34. The molecular weight excluding hydrogens is 508 g/mol. The molecule has 1 aliphatic rings. The number of hydrogen-bond donors (Lipinski definition) is 3. The van der Waals surface area contributed by atoms with E-state index in [1.54, 1.807) is 19.1 Å². The quantitative estimate of drug-likeness (QED) is 0.306. The molecule has 0 bridgehead atoms. The van der Waals surface area contributed by atoms with Crippen LogP contribution in [0.2, 0.25) is 0 Å². The number of piperazine rings is 1. The van der Waals surface area contributed by atoms with Crippen molar-refractivity contribution >= 4 is 35.8 Å². The molecule has 1 saturated heterocycles. The van der Waals surface area contributed by atoms with Crippen molar-refractivity contribution in [2.75, 3.05) is 37.5 Å². The van der Waals surface area contributed by atoms with Crippen LogP contribution in [0.25, 0.3) is 0 Å². The highest BCUT2D eigenvalue weighted by molar-refractivity contribution is 6.05. The third-order valence-electron chi connectivity index (χ3n) is 6.43. The van der Waals surface area contributed by atoms with Gasteiger partial charge in [-0.05, 0) is 51.8 Å². The fourth-order valence-corrected chi connectivity index (χ4v) is 4.52. The van der Waals surface area contributed by atoms with E-state index in [2.05, 4.69) is 56.3 Å². The number of H-pyrrole nitrogens is 1. The molecule has 39 heavy (non-hydrogen) atoms. The highest BCUT2D eigenvalue weighted by atomic mass is 19.1. The smallest absolute Gasteiger partial charge is 0.256 e. The van der Waals surface area contributed by atoms with Crippen LogP contribution >= 0.6 is 0 Å². The van der Waals surface area contributed by atoms with Crippen molar-refractivity contribution in [3.05, 3.63) is 58.7 Å². The molecule has 1 amide bonds. The largest absolute Gasteiger partial charge is 0.494 e. The Morgan fingerprint density at radius 1 is 1.10 bits per heavy atom. The topological polar surface area (TPSA) is 116 Å². The summed E-state index contributed by atoms with van der Waals surface area (Å²) in [5, 5.41) is 13.0. The Hall–Kier alpha value is -4.32. The van der Waals surface area contributed by atoms with Crippen LogP contribution in [-0.4, -0.2) is 68.1 Å². The summed E-state index contributed by atoms with van der Waals surface area (Å²) in [6.45, 7) is 11.1. The first-order valence-electron chi connectivity index (χ1n) is 12.3. The van der Waals surface area contributed by atoms with Crippen molar-refractivity contribution in [3.63, 3.8) is 0 Å². The molecule has 10 nitrogen and oxygen atoms in total. The molecule has 2 heterocycles. The minimum Gasteiger partial charge on any atom is -0.494 e. The summed E-state index contributed by atoms with van der Waals surface area (Å²) in [5.74, 6) is -2.92. The maximum absolute atomic E-state index is 15.0. The number of aliphatic imine (C=N–C) groups is 2. The number of amides is 1. The number of halogens is 2. The van der Waals surface area contributed by atoms with Crippen molar-refractivity contribution in [2.45, 2.75) is 32.9 Å². The van der Waals surface area contributed by atoms with Crippen LogP contribution in [0.1, 0.15) is 35.3 Å². The molecule has 2 aromatic carbocycles. The Kier molecular flexibility index (Phi) is 8.24. The van der Waals surface area contributed by atoms with Crippen molar-refractivity contribution in [3.8, 4) is 11.5 Å². The Morgan fingerprint density at radius 3 is 2.23 bits per heavy atom. The molecule has 4 rings (SSSR count). The number of aromatic amines is 1. The number of carbonyl (C=O) groups is 1. The lowest BCUT2D eigenvalue weighted by Crippen LogP contribution is -2.54. The van der Waals surface area contributed by atoms with Gasteiger partial charge in [0.25, 0.3) is 5.91 Å². The lowest BCUT2D eigenvalue weighted by molar-refractivity contribution is 0.102. The molecule has 0 unspecified atom stereocenters. The Bertz CT molecular complexity index is 1370. The first-order valence-corrected chi connectivity index (χ1v) is 12.3. The number of aromatic nitrogens is 2. The second-order valence-electron chi connectivity index (χ2n) is 9.30. The molecular formula is C27H31F2N7O3. The zero-order valence-corrected chi connectivity index (χ0v) is 22.4. The first kappa shape index (κ1) is 27.7. The first-order chi connectivity index (χ1) is 18.7.